The molecule has 0 aliphatic rings. The van der Waals surface area contributed by atoms with Crippen molar-refractivity contribution in [3.05, 3.63) is 52.6 Å². The molecule has 0 saturated heterocycles. The summed E-state index contributed by atoms with van der Waals surface area (Å²) >= 11 is 2.70. The van der Waals surface area contributed by atoms with E-state index in [4.69, 9.17) is 0 Å². The van der Waals surface area contributed by atoms with Crippen LogP contribution in [0.25, 0.3) is 0 Å². The van der Waals surface area contributed by atoms with E-state index in [0.717, 1.165) is 11.8 Å². The molecule has 0 fully saturated rings. The second kappa shape index (κ2) is 6.42. The van der Waals surface area contributed by atoms with Crippen LogP contribution < -0.4 is 4.46 Å². The van der Waals surface area contributed by atoms with Gasteiger partial charge in [-0.15, -0.1) is 0 Å². The normalized spacial score (nSPS) is 15.4. The Balaban J connectivity index is 2.69. The van der Waals surface area contributed by atoms with Gasteiger partial charge in [0.15, 0.2) is 0 Å². The first-order chi connectivity index (χ1) is 12.8. The van der Waals surface area contributed by atoms with Gasteiger partial charge in [-0.05, 0) is 0 Å². The second-order valence-corrected chi connectivity index (χ2v) is 10.3. The van der Waals surface area contributed by atoms with Crippen LogP contribution in [0.5, 0.6) is 0 Å². The average molecular weight is 513 g/mol. The molecule has 2 aromatic carbocycles. The van der Waals surface area contributed by atoms with Crippen LogP contribution in [0, 0.1) is 23.3 Å². The van der Waals surface area contributed by atoms with Crippen LogP contribution in [0.3, 0.4) is 0 Å². The summed E-state index contributed by atoms with van der Waals surface area (Å²) < 4.78 is 120. The van der Waals surface area contributed by atoms with E-state index in [2.05, 4.69) is 21.0 Å². The third-order valence-electron chi connectivity index (χ3n) is 3.77. The number of hydrogen-bond donors (Lipinski definition) is 0. The predicted molar refractivity (Wildman–Crippen MR) is 95.5 cm³/mol. The summed E-state index contributed by atoms with van der Waals surface area (Å²) in [6.07, 6.45) is 0.751. The summed E-state index contributed by atoms with van der Waals surface area (Å²) in [6, 6.07) is 4.69. The van der Waals surface area contributed by atoms with Crippen molar-refractivity contribution in [2.45, 2.75) is 31.1 Å². The molecular formula is C17H13F9NSSe. The van der Waals surface area contributed by atoms with Gasteiger partial charge in [0, 0.05) is 0 Å². The minimum absolute atomic E-state index is 0.203. The molecule has 0 N–H and O–H groups in total. The molecule has 0 aliphatic heterocycles. The Kier molecular flexibility index (Phi) is 5.23. The van der Waals surface area contributed by atoms with Crippen LogP contribution in [0.15, 0.2) is 28.1 Å². The molecule has 0 amide bonds. The average Bonchev–Trinajstić information content (AvgIpc) is 2.50. The standard InChI is InChI=1S/C17H13F9NSSe/c1-17(2,3)9-6-4-5-8(16(9)29)7-27-14-10(18)12(20)15(13(21)11(14)19)28(22,23,24,25)26/h4-7H,1-3H3. The fourth-order valence-corrected chi connectivity index (χ4v) is 4.33. The first-order valence-corrected chi connectivity index (χ1v) is 10.5. The number of nitrogens with zero attached hydrogens (tertiary/aromatic N) is 1. The summed E-state index contributed by atoms with van der Waals surface area (Å²) in [4.78, 5) is -0.701. The third-order valence-corrected chi connectivity index (χ3v) is 5.86. The molecule has 0 aromatic heterocycles. The molecule has 0 atom stereocenters. The molecule has 1 nitrogen and oxygen atoms in total. The van der Waals surface area contributed by atoms with Gasteiger partial charge in [0.1, 0.15) is 0 Å². The Morgan fingerprint density at radius 1 is 0.862 bits per heavy atom. The molecule has 0 spiro atoms. The quantitative estimate of drug-likeness (QED) is 0.187. The molecule has 2 rings (SSSR count). The third kappa shape index (κ3) is 4.75. The zero-order valence-corrected chi connectivity index (χ0v) is 17.5. The zero-order chi connectivity index (χ0) is 22.6. The number of aliphatic imine (C=N–C) groups is 1. The molecule has 29 heavy (non-hydrogen) atoms. The Morgan fingerprint density at radius 3 is 1.76 bits per heavy atom. The van der Waals surface area contributed by atoms with Gasteiger partial charge in [0.05, 0.1) is 0 Å². The van der Waals surface area contributed by atoms with Crippen molar-refractivity contribution in [1.82, 2.24) is 0 Å². The van der Waals surface area contributed by atoms with Crippen molar-refractivity contribution in [3.63, 3.8) is 0 Å². The topological polar surface area (TPSA) is 12.4 Å². The molecule has 161 valence electrons. The fraction of sp³-hybridized carbons (Fsp3) is 0.235. The van der Waals surface area contributed by atoms with Gasteiger partial charge in [0.25, 0.3) is 0 Å². The molecule has 0 aliphatic carbocycles. The van der Waals surface area contributed by atoms with E-state index in [9.17, 15) is 37.0 Å². The Morgan fingerprint density at radius 2 is 1.34 bits per heavy atom. The molecule has 0 bridgehead atoms. The maximum absolute atomic E-state index is 13.9. The maximum atomic E-state index is 13.9. The van der Waals surface area contributed by atoms with Crippen LogP contribution in [0.2, 0.25) is 0 Å². The molecular weight excluding hydrogens is 500 g/mol. The number of hydrogen-bond acceptors (Lipinski definition) is 1. The predicted octanol–water partition coefficient (Wildman–Crippen LogP) is 6.74. The summed E-state index contributed by atoms with van der Waals surface area (Å²) in [5.74, 6) is -11.9. The SMILES string of the molecule is CC(C)(C)c1cccc(C=Nc2c(F)c(F)c(S(F)(F)(F)(F)F)c(F)c2F)c1[Se]. The van der Waals surface area contributed by atoms with Crippen molar-refractivity contribution in [3.8, 4) is 0 Å². The van der Waals surface area contributed by atoms with Gasteiger partial charge < -0.3 is 0 Å². The van der Waals surface area contributed by atoms with E-state index in [1.54, 1.807) is 12.1 Å². The Labute approximate surface area is 168 Å². The van der Waals surface area contributed by atoms with Crippen LogP contribution >= 0.6 is 10.2 Å². The molecule has 0 heterocycles. The van der Waals surface area contributed by atoms with Gasteiger partial charge in [0.2, 0.25) is 0 Å². The van der Waals surface area contributed by atoms with Crippen molar-refractivity contribution in [2.75, 3.05) is 0 Å². The monoisotopic (exact) mass is 514 g/mol. The van der Waals surface area contributed by atoms with E-state index in [-0.39, 0.29) is 11.0 Å². The van der Waals surface area contributed by atoms with Crippen molar-refractivity contribution in [1.29, 1.82) is 0 Å². The summed E-state index contributed by atoms with van der Waals surface area (Å²) in [7, 11) is -11.0. The number of rotatable bonds is 3. The van der Waals surface area contributed by atoms with Crippen molar-refractivity contribution >= 4 is 42.6 Å². The van der Waals surface area contributed by atoms with E-state index in [1.807, 2.05) is 20.8 Å². The van der Waals surface area contributed by atoms with Crippen LogP contribution in [0.4, 0.5) is 42.7 Å². The van der Waals surface area contributed by atoms with E-state index in [1.165, 1.54) is 6.07 Å². The van der Waals surface area contributed by atoms with Gasteiger partial charge in [-0.25, -0.2) is 0 Å². The summed E-state index contributed by atoms with van der Waals surface area (Å²) in [6.45, 7) is 5.56. The molecule has 2 aromatic rings. The van der Waals surface area contributed by atoms with Gasteiger partial charge in [-0.1, -0.05) is 0 Å². The summed E-state index contributed by atoms with van der Waals surface area (Å²) in [5.41, 5.74) is -1.22. The van der Waals surface area contributed by atoms with Gasteiger partial charge in [-0.2, -0.15) is 0 Å². The van der Waals surface area contributed by atoms with Crippen molar-refractivity contribution < 1.29 is 37.0 Å². The van der Waals surface area contributed by atoms with E-state index >= 15 is 0 Å². The van der Waals surface area contributed by atoms with Gasteiger partial charge in [-0.3, -0.25) is 0 Å². The zero-order valence-electron chi connectivity index (χ0n) is 15.0. The molecule has 0 unspecified atom stereocenters. The fourth-order valence-electron chi connectivity index (χ4n) is 2.43. The molecule has 12 heteroatoms. The Bertz CT molecular complexity index is 996. The van der Waals surface area contributed by atoms with Gasteiger partial charge >= 0.3 is 168 Å². The van der Waals surface area contributed by atoms with Crippen molar-refractivity contribution in [2.24, 2.45) is 4.99 Å². The molecule has 0 saturated carbocycles. The second-order valence-electron chi connectivity index (χ2n) is 7.13. The van der Waals surface area contributed by atoms with Crippen LogP contribution in [-0.4, -0.2) is 22.2 Å². The number of benzene rings is 2. The summed E-state index contributed by atoms with van der Waals surface area (Å²) in [5, 5.41) is 0. The first kappa shape index (κ1) is 23.6. The minimum atomic E-state index is -11.0. The first-order valence-electron chi connectivity index (χ1n) is 7.70. The van der Waals surface area contributed by atoms with E-state index < -0.39 is 44.1 Å². The van der Waals surface area contributed by atoms with E-state index in [0.29, 0.717) is 4.46 Å². The Hall–Kier alpha value is -1.65. The number of halogens is 9. The molecule has 1 radical (unpaired) electrons. The van der Waals surface area contributed by atoms with Crippen LogP contribution in [-0.2, 0) is 5.41 Å². The van der Waals surface area contributed by atoms with Crippen LogP contribution in [0.1, 0.15) is 31.9 Å².